The van der Waals surface area contributed by atoms with Gasteiger partial charge in [-0.15, -0.1) is 0 Å². The molecule has 0 N–H and O–H groups in total. The van der Waals surface area contributed by atoms with Gasteiger partial charge < -0.3 is 23.8 Å². The van der Waals surface area contributed by atoms with Crippen LogP contribution in [-0.4, -0.2) is 42.1 Å². The summed E-state index contributed by atoms with van der Waals surface area (Å²) in [6, 6.07) is 4.05. The Morgan fingerprint density at radius 3 is 2.80 bits per heavy atom. The van der Waals surface area contributed by atoms with E-state index < -0.39 is 11.9 Å². The standard InChI is InChI=1S/C19H21NO5/c1-19(2)24-14-4-3-11-5-6-20(18(21)17(14)25-19)9-12-7-15-16(8-13(11)12)23-10-22-15/h3,7-8,14,17H,4-6,9-10H2,1-2H3/t14-,17+/m1/s1. The van der Waals surface area contributed by atoms with E-state index in [0.717, 1.165) is 29.0 Å². The van der Waals surface area contributed by atoms with Gasteiger partial charge in [0.05, 0.1) is 6.10 Å². The van der Waals surface area contributed by atoms with Gasteiger partial charge in [0.2, 0.25) is 6.79 Å². The Balaban J connectivity index is 1.60. The molecule has 25 heavy (non-hydrogen) atoms. The molecular formula is C19H21NO5. The highest BCUT2D eigenvalue weighted by molar-refractivity contribution is 5.84. The highest BCUT2D eigenvalue weighted by atomic mass is 16.8. The lowest BCUT2D eigenvalue weighted by molar-refractivity contribution is -0.161. The van der Waals surface area contributed by atoms with Crippen LogP contribution < -0.4 is 9.47 Å². The van der Waals surface area contributed by atoms with Crippen LogP contribution in [0.3, 0.4) is 0 Å². The summed E-state index contributed by atoms with van der Waals surface area (Å²) in [5, 5.41) is 0. The van der Waals surface area contributed by atoms with Crippen molar-refractivity contribution in [2.75, 3.05) is 13.3 Å². The molecule has 2 atom stereocenters. The molecule has 0 aliphatic carbocycles. The van der Waals surface area contributed by atoms with E-state index in [0.29, 0.717) is 19.5 Å². The number of carbonyl (C=O) groups is 1. The summed E-state index contributed by atoms with van der Waals surface area (Å²) in [5.74, 6) is 0.814. The second-order valence-electron chi connectivity index (χ2n) is 7.43. The summed E-state index contributed by atoms with van der Waals surface area (Å²) in [6.45, 7) is 5.21. The molecule has 0 saturated carbocycles. The van der Waals surface area contributed by atoms with Crippen molar-refractivity contribution in [3.63, 3.8) is 0 Å². The van der Waals surface area contributed by atoms with Crippen LogP contribution in [0.25, 0.3) is 5.57 Å². The Morgan fingerprint density at radius 1 is 1.16 bits per heavy atom. The molecule has 0 radical (unpaired) electrons. The largest absolute Gasteiger partial charge is 0.454 e. The van der Waals surface area contributed by atoms with Crippen molar-refractivity contribution < 1.29 is 23.7 Å². The third-order valence-electron chi connectivity index (χ3n) is 5.29. The van der Waals surface area contributed by atoms with Crippen molar-refractivity contribution in [3.8, 4) is 11.5 Å². The number of amides is 1. The highest BCUT2D eigenvalue weighted by Crippen LogP contribution is 2.41. The quantitative estimate of drug-likeness (QED) is 0.724. The minimum absolute atomic E-state index is 0.00995. The van der Waals surface area contributed by atoms with Gasteiger partial charge in [-0.25, -0.2) is 0 Å². The molecule has 0 spiro atoms. The van der Waals surface area contributed by atoms with Crippen molar-refractivity contribution in [2.45, 2.75) is 51.2 Å². The molecule has 4 aliphatic heterocycles. The van der Waals surface area contributed by atoms with Gasteiger partial charge in [-0.3, -0.25) is 4.79 Å². The van der Waals surface area contributed by atoms with Gasteiger partial charge in [-0.1, -0.05) is 6.08 Å². The molecule has 1 amide bonds. The van der Waals surface area contributed by atoms with Gasteiger partial charge in [-0.2, -0.15) is 0 Å². The highest BCUT2D eigenvalue weighted by Gasteiger charge is 2.47. The first kappa shape index (κ1) is 15.2. The van der Waals surface area contributed by atoms with Crippen LogP contribution in [0.15, 0.2) is 18.2 Å². The number of carbonyl (C=O) groups excluding carboxylic acids is 1. The zero-order valence-electron chi connectivity index (χ0n) is 14.4. The topological polar surface area (TPSA) is 57.2 Å². The maximum absolute atomic E-state index is 13.1. The smallest absolute Gasteiger partial charge is 0.254 e. The minimum Gasteiger partial charge on any atom is -0.454 e. The number of rotatable bonds is 0. The third kappa shape index (κ3) is 2.43. The Labute approximate surface area is 146 Å². The number of hydrogen-bond donors (Lipinski definition) is 0. The lowest BCUT2D eigenvalue weighted by Crippen LogP contribution is -2.43. The molecule has 6 nitrogen and oxygen atoms in total. The number of ether oxygens (including phenoxy) is 4. The van der Waals surface area contributed by atoms with Gasteiger partial charge in [0.1, 0.15) is 0 Å². The monoisotopic (exact) mass is 343 g/mol. The molecule has 0 aromatic heterocycles. The fourth-order valence-corrected chi connectivity index (χ4v) is 4.14. The van der Waals surface area contributed by atoms with Crippen LogP contribution in [0, 0.1) is 0 Å². The first-order valence-corrected chi connectivity index (χ1v) is 8.76. The van der Waals surface area contributed by atoms with E-state index in [1.807, 2.05) is 30.9 Å². The summed E-state index contributed by atoms with van der Waals surface area (Å²) < 4.78 is 23.0. The second kappa shape index (κ2) is 5.22. The molecule has 1 aromatic carbocycles. The predicted molar refractivity (Wildman–Crippen MR) is 89.0 cm³/mol. The Hall–Kier alpha value is -2.05. The van der Waals surface area contributed by atoms with Crippen molar-refractivity contribution in [2.24, 2.45) is 0 Å². The van der Waals surface area contributed by atoms with E-state index in [-0.39, 0.29) is 18.8 Å². The van der Waals surface area contributed by atoms with Crippen LogP contribution in [0.2, 0.25) is 0 Å². The molecule has 1 aromatic rings. The zero-order valence-corrected chi connectivity index (χ0v) is 14.4. The minimum atomic E-state index is -0.729. The van der Waals surface area contributed by atoms with Crippen molar-refractivity contribution in [1.29, 1.82) is 0 Å². The summed E-state index contributed by atoms with van der Waals surface area (Å²) in [7, 11) is 0. The molecule has 4 heterocycles. The van der Waals surface area contributed by atoms with E-state index in [4.69, 9.17) is 18.9 Å². The summed E-state index contributed by atoms with van der Waals surface area (Å²) in [5.41, 5.74) is 3.48. The van der Waals surface area contributed by atoms with Crippen LogP contribution in [0.4, 0.5) is 0 Å². The number of fused-ring (bicyclic) bond motifs is 7. The Morgan fingerprint density at radius 2 is 1.96 bits per heavy atom. The molecule has 2 bridgehead atoms. The lowest BCUT2D eigenvalue weighted by Gasteiger charge is -2.25. The average molecular weight is 343 g/mol. The first-order chi connectivity index (χ1) is 12.0. The van der Waals surface area contributed by atoms with E-state index in [9.17, 15) is 4.79 Å². The first-order valence-electron chi connectivity index (χ1n) is 8.76. The van der Waals surface area contributed by atoms with Crippen LogP contribution in [0.5, 0.6) is 11.5 Å². The number of hydrogen-bond acceptors (Lipinski definition) is 5. The maximum atomic E-state index is 13.1. The Bertz CT molecular complexity index is 784. The molecular weight excluding hydrogens is 322 g/mol. The molecule has 132 valence electrons. The van der Waals surface area contributed by atoms with E-state index in [2.05, 4.69) is 6.08 Å². The molecule has 4 aliphatic rings. The predicted octanol–water partition coefficient (Wildman–Crippen LogP) is 2.45. The molecule has 1 saturated heterocycles. The van der Waals surface area contributed by atoms with Crippen molar-refractivity contribution in [1.82, 2.24) is 4.90 Å². The van der Waals surface area contributed by atoms with Crippen LogP contribution in [0.1, 0.15) is 37.8 Å². The number of benzene rings is 1. The second-order valence-corrected chi connectivity index (χ2v) is 7.43. The SMILES string of the molecule is CC1(C)O[C@@H]2C(=O)N3CCC(=CC[C@H]2O1)c1cc2c(cc1C3)OCO2. The van der Waals surface area contributed by atoms with Gasteiger partial charge in [-0.05, 0) is 55.5 Å². The molecule has 1 fully saturated rings. The fourth-order valence-electron chi connectivity index (χ4n) is 4.14. The van der Waals surface area contributed by atoms with Gasteiger partial charge in [0.15, 0.2) is 23.4 Å². The maximum Gasteiger partial charge on any atom is 0.254 e. The van der Waals surface area contributed by atoms with E-state index in [1.54, 1.807) is 0 Å². The third-order valence-corrected chi connectivity index (χ3v) is 5.29. The average Bonchev–Trinajstić information content (AvgIpc) is 3.10. The lowest BCUT2D eigenvalue weighted by atomic mass is 9.95. The molecule has 0 unspecified atom stereocenters. The number of nitrogens with zero attached hydrogens (tertiary/aromatic N) is 1. The summed E-state index contributed by atoms with van der Waals surface area (Å²) in [6.07, 6.45) is 2.90. The summed E-state index contributed by atoms with van der Waals surface area (Å²) in [4.78, 5) is 15.0. The Kier molecular flexibility index (Phi) is 3.18. The van der Waals surface area contributed by atoms with E-state index >= 15 is 0 Å². The van der Waals surface area contributed by atoms with Crippen molar-refractivity contribution >= 4 is 11.5 Å². The zero-order chi connectivity index (χ0) is 17.2. The molecule has 5 rings (SSSR count). The van der Waals surface area contributed by atoms with Gasteiger partial charge >= 0.3 is 0 Å². The van der Waals surface area contributed by atoms with Gasteiger partial charge in [0.25, 0.3) is 5.91 Å². The van der Waals surface area contributed by atoms with Crippen LogP contribution >= 0.6 is 0 Å². The van der Waals surface area contributed by atoms with Gasteiger partial charge in [0, 0.05) is 13.1 Å². The van der Waals surface area contributed by atoms with E-state index in [1.165, 1.54) is 5.57 Å². The normalized spacial score (nSPS) is 29.3. The summed E-state index contributed by atoms with van der Waals surface area (Å²) >= 11 is 0. The van der Waals surface area contributed by atoms with Crippen molar-refractivity contribution in [3.05, 3.63) is 29.3 Å². The fraction of sp³-hybridized carbons (Fsp3) is 0.526. The van der Waals surface area contributed by atoms with Crippen LogP contribution in [-0.2, 0) is 20.8 Å². The molecule has 6 heteroatoms.